The number of aromatic hydroxyl groups is 1. The van der Waals surface area contributed by atoms with Gasteiger partial charge in [0.15, 0.2) is 0 Å². The van der Waals surface area contributed by atoms with Crippen molar-refractivity contribution in [2.75, 3.05) is 0 Å². The molecule has 0 unspecified atom stereocenters. The van der Waals surface area contributed by atoms with Crippen molar-refractivity contribution in [1.29, 1.82) is 0 Å². The first-order valence-corrected chi connectivity index (χ1v) is 7.45. The fourth-order valence-corrected chi connectivity index (χ4v) is 2.57. The lowest BCUT2D eigenvalue weighted by Gasteiger charge is -2.23. The molecule has 122 valence electrons. The van der Waals surface area contributed by atoms with Crippen LogP contribution in [0, 0.1) is 5.92 Å². The van der Waals surface area contributed by atoms with E-state index in [1.54, 1.807) is 24.3 Å². The van der Waals surface area contributed by atoms with E-state index in [2.05, 4.69) is 4.98 Å². The van der Waals surface area contributed by atoms with Crippen LogP contribution in [0.2, 0.25) is 0 Å². The number of hydrogen-bond acceptors (Lipinski definition) is 4. The van der Waals surface area contributed by atoms with Crippen LogP contribution in [0.25, 0.3) is 10.8 Å². The fourth-order valence-electron chi connectivity index (χ4n) is 2.33. The summed E-state index contributed by atoms with van der Waals surface area (Å²) in [5, 5.41) is 20.0. The zero-order valence-corrected chi connectivity index (χ0v) is 13.5. The van der Waals surface area contributed by atoms with Gasteiger partial charge in [-0.1, -0.05) is 38.1 Å². The fraction of sp³-hybridized carbons (Fsp3) is 0.312. The van der Waals surface area contributed by atoms with Gasteiger partial charge in [-0.05, 0) is 12.3 Å². The summed E-state index contributed by atoms with van der Waals surface area (Å²) in [6.45, 7) is 3.69. The Kier molecular flexibility index (Phi) is 5.05. The first-order chi connectivity index (χ1) is 10.8. The molecule has 0 bridgehead atoms. The van der Waals surface area contributed by atoms with E-state index in [1.165, 1.54) is 0 Å². The van der Waals surface area contributed by atoms with E-state index in [9.17, 15) is 19.8 Å². The maximum absolute atomic E-state index is 12.6. The monoisotopic (exact) mass is 336 g/mol. The average Bonchev–Trinajstić information content (AvgIpc) is 2.51. The van der Waals surface area contributed by atoms with Crippen LogP contribution in [-0.2, 0) is 4.79 Å². The molecule has 2 rings (SSSR count). The highest BCUT2D eigenvalue weighted by molar-refractivity contribution is 6.26. The number of hydrogen-bond donors (Lipinski definition) is 2. The van der Waals surface area contributed by atoms with E-state index in [0.29, 0.717) is 15.2 Å². The number of carboxylic acid groups (broad SMARTS) is 1. The number of aliphatic carboxylic acids is 1. The van der Waals surface area contributed by atoms with Crippen molar-refractivity contribution in [3.63, 3.8) is 0 Å². The third kappa shape index (κ3) is 3.53. The minimum Gasteiger partial charge on any atom is -0.506 e. The molecule has 23 heavy (non-hydrogen) atoms. The summed E-state index contributed by atoms with van der Waals surface area (Å²) >= 11 is 6.01. The van der Waals surface area contributed by atoms with Gasteiger partial charge in [-0.2, -0.15) is 0 Å². The number of benzene rings is 1. The molecule has 0 saturated carbocycles. The molecule has 0 saturated heterocycles. The van der Waals surface area contributed by atoms with Gasteiger partial charge in [-0.25, -0.2) is 14.2 Å². The van der Waals surface area contributed by atoms with Crippen LogP contribution in [0.5, 0.6) is 5.75 Å². The summed E-state index contributed by atoms with van der Waals surface area (Å²) in [5.41, 5.74) is 0.00315. The van der Waals surface area contributed by atoms with Crippen LogP contribution < -0.4 is 0 Å². The summed E-state index contributed by atoms with van der Waals surface area (Å²) in [5.74, 6) is -1.90. The number of carbonyl (C=O) groups is 2. The second-order valence-corrected chi connectivity index (χ2v) is 6.00. The van der Waals surface area contributed by atoms with E-state index >= 15 is 0 Å². The van der Waals surface area contributed by atoms with Gasteiger partial charge in [0.25, 0.3) is 5.91 Å². The van der Waals surface area contributed by atoms with E-state index in [1.807, 2.05) is 13.8 Å². The first kappa shape index (κ1) is 17.0. The van der Waals surface area contributed by atoms with Gasteiger partial charge in [-0.3, -0.25) is 4.79 Å². The number of carbonyl (C=O) groups excluding carboxylic acids is 1. The summed E-state index contributed by atoms with van der Waals surface area (Å²) in [7, 11) is 0. The van der Waals surface area contributed by atoms with Crippen LogP contribution in [0.1, 0.15) is 30.8 Å². The Balaban J connectivity index is 2.43. The lowest BCUT2D eigenvalue weighted by atomic mass is 10.0. The minimum atomic E-state index is -1.18. The molecule has 7 heteroatoms. The summed E-state index contributed by atoms with van der Waals surface area (Å²) in [6, 6.07) is 5.52. The van der Waals surface area contributed by atoms with Gasteiger partial charge < -0.3 is 10.2 Å². The quantitative estimate of drug-likeness (QED) is 0.819. The number of rotatable bonds is 5. The van der Waals surface area contributed by atoms with Crippen molar-refractivity contribution in [2.24, 2.45) is 5.92 Å². The van der Waals surface area contributed by atoms with Crippen molar-refractivity contribution in [2.45, 2.75) is 26.3 Å². The van der Waals surface area contributed by atoms with Crippen molar-refractivity contribution in [3.05, 3.63) is 36.2 Å². The highest BCUT2D eigenvalue weighted by Gasteiger charge is 2.31. The maximum Gasteiger partial charge on any atom is 0.327 e. The molecule has 0 aliphatic rings. The Morgan fingerprint density at radius 3 is 2.43 bits per heavy atom. The van der Waals surface area contributed by atoms with Gasteiger partial charge in [-0.15, -0.1) is 0 Å². The summed E-state index contributed by atoms with van der Waals surface area (Å²) in [4.78, 5) is 27.9. The van der Waals surface area contributed by atoms with Crippen LogP contribution >= 0.6 is 11.8 Å². The lowest BCUT2D eigenvalue weighted by Crippen LogP contribution is -2.40. The van der Waals surface area contributed by atoms with Gasteiger partial charge in [0.2, 0.25) is 0 Å². The zero-order valence-electron chi connectivity index (χ0n) is 12.7. The largest absolute Gasteiger partial charge is 0.506 e. The first-order valence-electron chi connectivity index (χ1n) is 7.11. The summed E-state index contributed by atoms with van der Waals surface area (Å²) < 4.78 is 0.675. The number of halogens is 1. The number of aromatic nitrogens is 1. The topological polar surface area (TPSA) is 90.7 Å². The number of fused-ring (bicyclic) bond motifs is 1. The number of carboxylic acids is 1. The molecule has 2 N–H and O–H groups in total. The molecule has 0 radical (unpaired) electrons. The van der Waals surface area contributed by atoms with Crippen molar-refractivity contribution in [3.8, 4) is 5.75 Å². The van der Waals surface area contributed by atoms with E-state index in [4.69, 9.17) is 11.8 Å². The Bertz CT molecular complexity index is 748. The molecule has 0 fully saturated rings. The SMILES string of the molecule is CC(C)C[C@H](C(=O)O)N(Cl)C(=O)c1ncc(O)c2ccccc12. The normalized spacial score (nSPS) is 12.3. The van der Waals surface area contributed by atoms with E-state index in [0.717, 1.165) is 6.20 Å². The molecule has 2 aromatic rings. The molecular formula is C16H17ClN2O4. The molecule has 6 nitrogen and oxygen atoms in total. The lowest BCUT2D eigenvalue weighted by molar-refractivity contribution is -0.141. The summed E-state index contributed by atoms with van der Waals surface area (Å²) in [6.07, 6.45) is 1.37. The van der Waals surface area contributed by atoms with Gasteiger partial charge in [0.1, 0.15) is 17.5 Å². The van der Waals surface area contributed by atoms with Crippen LogP contribution in [-0.4, -0.2) is 37.5 Å². The predicted molar refractivity (Wildman–Crippen MR) is 86.3 cm³/mol. The molecule has 1 heterocycles. The Labute approximate surface area is 138 Å². The smallest absolute Gasteiger partial charge is 0.327 e. The van der Waals surface area contributed by atoms with E-state index in [-0.39, 0.29) is 23.8 Å². The molecule has 0 aliphatic heterocycles. The Morgan fingerprint density at radius 1 is 1.26 bits per heavy atom. The van der Waals surface area contributed by atoms with Crippen molar-refractivity contribution >= 4 is 34.4 Å². The van der Waals surface area contributed by atoms with Crippen LogP contribution in [0.4, 0.5) is 0 Å². The Morgan fingerprint density at radius 2 is 1.87 bits per heavy atom. The van der Waals surface area contributed by atoms with Crippen LogP contribution in [0.15, 0.2) is 30.5 Å². The van der Waals surface area contributed by atoms with Gasteiger partial charge in [0, 0.05) is 22.5 Å². The molecular weight excluding hydrogens is 320 g/mol. The third-order valence-electron chi connectivity index (χ3n) is 3.42. The van der Waals surface area contributed by atoms with E-state index < -0.39 is 17.9 Å². The minimum absolute atomic E-state index is 0.00315. The second kappa shape index (κ2) is 6.83. The second-order valence-electron chi connectivity index (χ2n) is 5.64. The third-order valence-corrected chi connectivity index (χ3v) is 3.81. The number of pyridine rings is 1. The van der Waals surface area contributed by atoms with Crippen molar-refractivity contribution in [1.82, 2.24) is 9.40 Å². The zero-order chi connectivity index (χ0) is 17.1. The van der Waals surface area contributed by atoms with Gasteiger partial charge >= 0.3 is 5.97 Å². The molecule has 1 atom stereocenters. The number of nitrogens with zero attached hydrogens (tertiary/aromatic N) is 2. The standard InChI is InChI=1S/C16H17ClN2O4/c1-9(2)7-12(16(22)23)19(17)15(21)14-11-6-4-3-5-10(11)13(20)8-18-14/h3-6,8-9,12,20H,7H2,1-2H3,(H,22,23)/t12-/m1/s1. The highest BCUT2D eigenvalue weighted by Crippen LogP contribution is 2.27. The number of amides is 1. The highest BCUT2D eigenvalue weighted by atomic mass is 35.5. The molecule has 1 aromatic heterocycles. The van der Waals surface area contributed by atoms with Crippen LogP contribution in [0.3, 0.4) is 0 Å². The van der Waals surface area contributed by atoms with Crippen molar-refractivity contribution < 1.29 is 19.8 Å². The molecule has 0 spiro atoms. The molecule has 0 aliphatic carbocycles. The van der Waals surface area contributed by atoms with Gasteiger partial charge in [0.05, 0.1) is 6.20 Å². The molecule has 1 amide bonds. The maximum atomic E-state index is 12.6. The average molecular weight is 337 g/mol. The predicted octanol–water partition coefficient (Wildman–Crippen LogP) is 3.04. The molecule has 1 aromatic carbocycles. The Hall–Kier alpha value is -2.34.